The van der Waals surface area contributed by atoms with Crippen LogP contribution in [0.3, 0.4) is 0 Å². The minimum atomic E-state index is 0.112. The lowest BCUT2D eigenvalue weighted by Crippen LogP contribution is -2.50. The molecule has 0 aliphatic carbocycles. The van der Waals surface area contributed by atoms with Crippen molar-refractivity contribution in [3.05, 3.63) is 35.4 Å². The van der Waals surface area contributed by atoms with E-state index in [1.807, 2.05) is 13.0 Å². The van der Waals surface area contributed by atoms with Crippen LogP contribution >= 0.6 is 0 Å². The zero-order chi connectivity index (χ0) is 13.8. The summed E-state index contributed by atoms with van der Waals surface area (Å²) in [6.07, 6.45) is 0.897. The van der Waals surface area contributed by atoms with Crippen LogP contribution in [0.1, 0.15) is 25.0 Å². The second-order valence-electron chi connectivity index (χ2n) is 5.75. The van der Waals surface area contributed by atoms with Crippen molar-refractivity contribution in [3.8, 4) is 0 Å². The molecule has 1 aromatic rings. The van der Waals surface area contributed by atoms with Crippen molar-refractivity contribution in [1.82, 2.24) is 10.6 Å². The summed E-state index contributed by atoms with van der Waals surface area (Å²) in [6, 6.07) is 8.54. The molecule has 0 bridgehead atoms. The maximum absolute atomic E-state index is 12.1. The average Bonchev–Trinajstić information content (AvgIpc) is 2.29. The summed E-state index contributed by atoms with van der Waals surface area (Å²) < 4.78 is 0. The highest BCUT2D eigenvalue weighted by Gasteiger charge is 2.29. The third-order valence-electron chi connectivity index (χ3n) is 4.11. The molecule has 0 aromatic heterocycles. The zero-order valence-electron chi connectivity index (χ0n) is 12.1. The SMILES string of the molecule is Cc1ccccc1CC(C)NC(=O)C(C)C1CNC1. The molecule has 1 heterocycles. The topological polar surface area (TPSA) is 41.1 Å². The standard InChI is InChI=1S/C16H24N2O/c1-11-6-4-5-7-14(11)8-12(2)18-16(19)13(3)15-9-17-10-15/h4-7,12-13,15,17H,8-10H2,1-3H3,(H,18,19). The summed E-state index contributed by atoms with van der Waals surface area (Å²) in [5.74, 6) is 0.804. The van der Waals surface area contributed by atoms with Gasteiger partial charge < -0.3 is 10.6 Å². The van der Waals surface area contributed by atoms with Gasteiger partial charge >= 0.3 is 0 Å². The van der Waals surface area contributed by atoms with Gasteiger partial charge in [0.1, 0.15) is 0 Å². The summed E-state index contributed by atoms with van der Waals surface area (Å²) >= 11 is 0. The minimum Gasteiger partial charge on any atom is -0.353 e. The lowest BCUT2D eigenvalue weighted by Gasteiger charge is -2.32. The summed E-state index contributed by atoms with van der Waals surface area (Å²) in [6.45, 7) is 8.17. The van der Waals surface area contributed by atoms with Gasteiger partial charge in [0, 0.05) is 12.0 Å². The first-order valence-electron chi connectivity index (χ1n) is 7.13. The van der Waals surface area contributed by atoms with Gasteiger partial charge in [-0.05, 0) is 50.4 Å². The van der Waals surface area contributed by atoms with Crippen LogP contribution in [-0.2, 0) is 11.2 Å². The quantitative estimate of drug-likeness (QED) is 0.849. The highest BCUT2D eigenvalue weighted by Crippen LogP contribution is 2.16. The second-order valence-corrected chi connectivity index (χ2v) is 5.75. The number of amides is 1. The molecule has 1 aliphatic rings. The summed E-state index contributed by atoms with van der Waals surface area (Å²) in [5, 5.41) is 6.36. The Kier molecular flexibility index (Phi) is 4.59. The maximum Gasteiger partial charge on any atom is 0.223 e. The molecule has 104 valence electrons. The van der Waals surface area contributed by atoms with Crippen molar-refractivity contribution < 1.29 is 4.79 Å². The van der Waals surface area contributed by atoms with Gasteiger partial charge in [-0.15, -0.1) is 0 Å². The van der Waals surface area contributed by atoms with Crippen LogP contribution in [0.2, 0.25) is 0 Å². The van der Waals surface area contributed by atoms with Crippen molar-refractivity contribution in [2.24, 2.45) is 11.8 Å². The van der Waals surface area contributed by atoms with Crippen molar-refractivity contribution in [2.45, 2.75) is 33.2 Å². The van der Waals surface area contributed by atoms with Crippen molar-refractivity contribution in [1.29, 1.82) is 0 Å². The Labute approximate surface area is 115 Å². The molecule has 0 spiro atoms. The predicted octanol–water partition coefficient (Wildman–Crippen LogP) is 1.90. The number of nitrogens with one attached hydrogen (secondary N) is 2. The minimum absolute atomic E-state index is 0.112. The molecule has 19 heavy (non-hydrogen) atoms. The van der Waals surface area contributed by atoms with Crippen LogP contribution in [0.5, 0.6) is 0 Å². The fourth-order valence-corrected chi connectivity index (χ4v) is 2.47. The molecule has 1 aliphatic heterocycles. The van der Waals surface area contributed by atoms with E-state index in [1.54, 1.807) is 0 Å². The van der Waals surface area contributed by atoms with Crippen LogP contribution in [0.25, 0.3) is 0 Å². The Balaban J connectivity index is 1.85. The number of carbonyl (C=O) groups is 1. The molecule has 1 amide bonds. The number of hydrogen-bond acceptors (Lipinski definition) is 2. The molecule has 2 N–H and O–H groups in total. The Morgan fingerprint density at radius 1 is 1.37 bits per heavy atom. The first-order chi connectivity index (χ1) is 9.08. The van der Waals surface area contributed by atoms with Gasteiger partial charge in [-0.25, -0.2) is 0 Å². The van der Waals surface area contributed by atoms with E-state index in [-0.39, 0.29) is 17.9 Å². The predicted molar refractivity (Wildman–Crippen MR) is 78.0 cm³/mol. The monoisotopic (exact) mass is 260 g/mol. The van der Waals surface area contributed by atoms with E-state index in [1.165, 1.54) is 11.1 Å². The fourth-order valence-electron chi connectivity index (χ4n) is 2.47. The maximum atomic E-state index is 12.1. The molecule has 0 radical (unpaired) electrons. The highest BCUT2D eigenvalue weighted by molar-refractivity contribution is 5.79. The van der Waals surface area contributed by atoms with Gasteiger partial charge in [-0.3, -0.25) is 4.79 Å². The van der Waals surface area contributed by atoms with Crippen LogP contribution < -0.4 is 10.6 Å². The van der Waals surface area contributed by atoms with Crippen LogP contribution in [0.15, 0.2) is 24.3 Å². The first-order valence-corrected chi connectivity index (χ1v) is 7.13. The highest BCUT2D eigenvalue weighted by atomic mass is 16.1. The third-order valence-corrected chi connectivity index (χ3v) is 4.11. The van der Waals surface area contributed by atoms with Crippen LogP contribution in [0.4, 0.5) is 0 Å². The van der Waals surface area contributed by atoms with E-state index in [0.29, 0.717) is 5.92 Å². The Hall–Kier alpha value is -1.35. The van der Waals surface area contributed by atoms with Crippen molar-refractivity contribution in [2.75, 3.05) is 13.1 Å². The van der Waals surface area contributed by atoms with Gasteiger partial charge in [0.15, 0.2) is 0 Å². The van der Waals surface area contributed by atoms with Crippen molar-refractivity contribution in [3.63, 3.8) is 0 Å². The summed E-state index contributed by atoms with van der Waals surface area (Å²) in [5.41, 5.74) is 2.60. The smallest absolute Gasteiger partial charge is 0.223 e. The van der Waals surface area contributed by atoms with Crippen LogP contribution in [0, 0.1) is 18.8 Å². The summed E-state index contributed by atoms with van der Waals surface area (Å²) in [7, 11) is 0. The lowest BCUT2D eigenvalue weighted by atomic mass is 9.88. The molecular formula is C16H24N2O. The van der Waals surface area contributed by atoms with Gasteiger partial charge in [-0.1, -0.05) is 31.2 Å². The van der Waals surface area contributed by atoms with Gasteiger partial charge in [0.2, 0.25) is 5.91 Å². The first kappa shape index (κ1) is 14.1. The largest absolute Gasteiger partial charge is 0.353 e. The van der Waals surface area contributed by atoms with E-state index >= 15 is 0 Å². The molecule has 1 fully saturated rings. The second kappa shape index (κ2) is 6.20. The average molecular weight is 260 g/mol. The Morgan fingerprint density at radius 3 is 2.63 bits per heavy atom. The molecule has 2 rings (SSSR count). The number of rotatable bonds is 5. The number of aryl methyl sites for hydroxylation is 1. The molecule has 2 atom stereocenters. The van der Waals surface area contributed by atoms with Gasteiger partial charge in [0.25, 0.3) is 0 Å². The molecule has 1 saturated heterocycles. The molecular weight excluding hydrogens is 236 g/mol. The van der Waals surface area contributed by atoms with E-state index in [4.69, 9.17) is 0 Å². The zero-order valence-corrected chi connectivity index (χ0v) is 12.1. The molecule has 1 aromatic carbocycles. The third kappa shape index (κ3) is 3.57. The Bertz CT molecular complexity index is 440. The van der Waals surface area contributed by atoms with E-state index in [2.05, 4.69) is 42.7 Å². The number of carbonyl (C=O) groups excluding carboxylic acids is 1. The number of benzene rings is 1. The van der Waals surface area contributed by atoms with Crippen LogP contribution in [-0.4, -0.2) is 25.0 Å². The molecule has 2 unspecified atom stereocenters. The van der Waals surface area contributed by atoms with E-state index < -0.39 is 0 Å². The lowest BCUT2D eigenvalue weighted by molar-refractivity contribution is -0.127. The van der Waals surface area contributed by atoms with Gasteiger partial charge in [0.05, 0.1) is 0 Å². The summed E-state index contributed by atoms with van der Waals surface area (Å²) in [4.78, 5) is 12.1. The van der Waals surface area contributed by atoms with E-state index in [9.17, 15) is 4.79 Å². The normalized spacial score (nSPS) is 18.5. The fraction of sp³-hybridized carbons (Fsp3) is 0.562. The molecule has 3 nitrogen and oxygen atoms in total. The molecule has 0 saturated carbocycles. The molecule has 3 heteroatoms. The van der Waals surface area contributed by atoms with E-state index in [0.717, 1.165) is 19.5 Å². The van der Waals surface area contributed by atoms with Crippen molar-refractivity contribution >= 4 is 5.91 Å². The Morgan fingerprint density at radius 2 is 2.05 bits per heavy atom. The van der Waals surface area contributed by atoms with Gasteiger partial charge in [-0.2, -0.15) is 0 Å². The number of hydrogen-bond donors (Lipinski definition) is 2.